The molecule has 0 spiro atoms. The molecule has 11 heavy (non-hydrogen) atoms. The summed E-state index contributed by atoms with van der Waals surface area (Å²) in [4.78, 5) is 3.80. The molecular weight excluding hydrogens is 140 g/mol. The van der Waals surface area contributed by atoms with Crippen molar-refractivity contribution < 1.29 is 5.11 Å². The van der Waals surface area contributed by atoms with Gasteiger partial charge in [0, 0.05) is 5.70 Å². The number of allylic oxidation sites excluding steroid dienone is 3. The molecule has 3 heteroatoms. The Balaban J connectivity index is 4.41. The Morgan fingerprint density at radius 2 is 2.45 bits per heavy atom. The first kappa shape index (κ1) is 9.60. The van der Waals surface area contributed by atoms with Gasteiger partial charge >= 0.3 is 0 Å². The summed E-state index contributed by atoms with van der Waals surface area (Å²) >= 11 is 0. The first-order valence-electron chi connectivity index (χ1n) is 3.12. The summed E-state index contributed by atoms with van der Waals surface area (Å²) in [7, 11) is 0. The minimum absolute atomic E-state index is 0.112. The van der Waals surface area contributed by atoms with Crippen LogP contribution in [0.1, 0.15) is 6.92 Å². The SMILES string of the molecule is C=C/C=C(\C)N=C(C#N)CO. The van der Waals surface area contributed by atoms with Crippen LogP contribution in [0, 0.1) is 11.3 Å². The number of nitriles is 1. The summed E-state index contributed by atoms with van der Waals surface area (Å²) in [6.07, 6.45) is 3.23. The smallest absolute Gasteiger partial charge is 0.143 e. The van der Waals surface area contributed by atoms with Crippen LogP contribution in [0.15, 0.2) is 29.4 Å². The molecule has 0 aliphatic rings. The Labute approximate surface area is 66.0 Å². The monoisotopic (exact) mass is 150 g/mol. The van der Waals surface area contributed by atoms with Crippen LogP contribution in [0.25, 0.3) is 0 Å². The van der Waals surface area contributed by atoms with Gasteiger partial charge in [-0.1, -0.05) is 12.7 Å². The zero-order valence-corrected chi connectivity index (χ0v) is 6.41. The topological polar surface area (TPSA) is 56.4 Å². The highest BCUT2D eigenvalue weighted by Crippen LogP contribution is 1.94. The van der Waals surface area contributed by atoms with Crippen LogP contribution in [0.4, 0.5) is 0 Å². The van der Waals surface area contributed by atoms with Crippen molar-refractivity contribution in [1.29, 1.82) is 5.26 Å². The van der Waals surface area contributed by atoms with Gasteiger partial charge in [0.15, 0.2) is 0 Å². The van der Waals surface area contributed by atoms with E-state index in [0.717, 1.165) is 0 Å². The molecule has 0 aliphatic carbocycles. The van der Waals surface area contributed by atoms with Crippen molar-refractivity contribution in [1.82, 2.24) is 0 Å². The van der Waals surface area contributed by atoms with Gasteiger partial charge in [-0.05, 0) is 13.0 Å². The summed E-state index contributed by atoms with van der Waals surface area (Å²) < 4.78 is 0. The van der Waals surface area contributed by atoms with Gasteiger partial charge < -0.3 is 5.11 Å². The third-order valence-corrected chi connectivity index (χ3v) is 0.949. The van der Waals surface area contributed by atoms with Crippen molar-refractivity contribution in [2.45, 2.75) is 6.92 Å². The van der Waals surface area contributed by atoms with E-state index < -0.39 is 0 Å². The maximum absolute atomic E-state index is 8.54. The fraction of sp³-hybridized carbons (Fsp3) is 0.250. The maximum atomic E-state index is 8.54. The molecule has 3 nitrogen and oxygen atoms in total. The van der Waals surface area contributed by atoms with Crippen LogP contribution in [0.2, 0.25) is 0 Å². The molecule has 0 bridgehead atoms. The molecule has 0 rings (SSSR count). The highest BCUT2D eigenvalue weighted by molar-refractivity contribution is 5.99. The average molecular weight is 150 g/mol. The van der Waals surface area contributed by atoms with Gasteiger partial charge in [-0.3, -0.25) is 0 Å². The lowest BCUT2D eigenvalue weighted by Crippen LogP contribution is -2.00. The summed E-state index contributed by atoms with van der Waals surface area (Å²) in [5.41, 5.74) is 0.770. The molecular formula is C8H10N2O. The van der Waals surface area contributed by atoms with Gasteiger partial charge in [-0.2, -0.15) is 5.26 Å². The molecule has 0 aromatic rings. The minimum atomic E-state index is -0.321. The molecule has 0 aromatic carbocycles. The van der Waals surface area contributed by atoms with Crippen LogP contribution in [-0.2, 0) is 0 Å². The summed E-state index contributed by atoms with van der Waals surface area (Å²) in [6.45, 7) is 4.88. The van der Waals surface area contributed by atoms with Crippen molar-refractivity contribution in [2.75, 3.05) is 6.61 Å². The molecule has 0 unspecified atom stereocenters. The Bertz CT molecular complexity index is 233. The first-order chi connectivity index (χ1) is 5.24. The molecule has 0 aliphatic heterocycles. The third-order valence-electron chi connectivity index (χ3n) is 0.949. The summed E-state index contributed by atoms with van der Waals surface area (Å²) in [6, 6.07) is 1.77. The number of aliphatic hydroxyl groups excluding tert-OH is 1. The standard InChI is InChI=1S/C8H10N2O/c1-3-4-7(2)10-8(5-9)6-11/h3-4,11H,1,6H2,2H3/b7-4+,10-8?. The molecule has 1 N–H and O–H groups in total. The van der Waals surface area contributed by atoms with Crippen molar-refractivity contribution in [3.8, 4) is 6.07 Å². The molecule has 0 fully saturated rings. The van der Waals surface area contributed by atoms with Gasteiger partial charge in [0.05, 0.1) is 6.61 Å². The van der Waals surface area contributed by atoms with Gasteiger partial charge in [-0.15, -0.1) is 0 Å². The second-order valence-electron chi connectivity index (χ2n) is 1.87. The number of hydrogen-bond donors (Lipinski definition) is 1. The fourth-order valence-corrected chi connectivity index (χ4v) is 0.516. The van der Waals surface area contributed by atoms with Gasteiger partial charge in [-0.25, -0.2) is 4.99 Å². The lowest BCUT2D eigenvalue weighted by Gasteiger charge is -1.90. The van der Waals surface area contributed by atoms with E-state index in [2.05, 4.69) is 11.6 Å². The first-order valence-corrected chi connectivity index (χ1v) is 3.12. The lowest BCUT2D eigenvalue weighted by atomic mass is 10.4. The number of rotatable bonds is 3. The average Bonchev–Trinajstić information content (AvgIpc) is 2.01. The Morgan fingerprint density at radius 1 is 1.82 bits per heavy atom. The molecule has 0 amide bonds. The molecule has 0 atom stereocenters. The predicted octanol–water partition coefficient (Wildman–Crippen LogP) is 1.03. The normalized spacial score (nSPS) is 12.5. The van der Waals surface area contributed by atoms with E-state index in [1.165, 1.54) is 0 Å². The Kier molecular flexibility index (Phi) is 4.70. The van der Waals surface area contributed by atoms with Crippen LogP contribution in [-0.4, -0.2) is 17.4 Å². The molecule has 0 radical (unpaired) electrons. The van der Waals surface area contributed by atoms with E-state index in [-0.39, 0.29) is 12.3 Å². The number of aliphatic imine (C=N–C) groups is 1. The highest BCUT2D eigenvalue weighted by Gasteiger charge is 1.92. The summed E-state index contributed by atoms with van der Waals surface area (Å²) in [5, 5.41) is 16.9. The minimum Gasteiger partial charge on any atom is -0.389 e. The molecule has 0 heterocycles. The third kappa shape index (κ3) is 4.06. The van der Waals surface area contributed by atoms with Crippen LogP contribution >= 0.6 is 0 Å². The van der Waals surface area contributed by atoms with Crippen LogP contribution in [0.3, 0.4) is 0 Å². The fourth-order valence-electron chi connectivity index (χ4n) is 0.516. The number of aliphatic hydroxyl groups is 1. The van der Waals surface area contributed by atoms with Gasteiger partial charge in [0.1, 0.15) is 11.8 Å². The lowest BCUT2D eigenvalue weighted by molar-refractivity contribution is 0.358. The number of hydrogen-bond acceptors (Lipinski definition) is 3. The number of nitrogens with zero attached hydrogens (tertiary/aromatic N) is 2. The maximum Gasteiger partial charge on any atom is 0.143 e. The van der Waals surface area contributed by atoms with E-state index >= 15 is 0 Å². The van der Waals surface area contributed by atoms with Crippen molar-refractivity contribution in [3.63, 3.8) is 0 Å². The van der Waals surface area contributed by atoms with Crippen LogP contribution < -0.4 is 0 Å². The molecule has 0 aromatic heterocycles. The van der Waals surface area contributed by atoms with Gasteiger partial charge in [0.2, 0.25) is 0 Å². The Morgan fingerprint density at radius 3 is 2.82 bits per heavy atom. The van der Waals surface area contributed by atoms with E-state index in [0.29, 0.717) is 5.70 Å². The van der Waals surface area contributed by atoms with Crippen molar-refractivity contribution in [3.05, 3.63) is 24.4 Å². The molecule has 58 valence electrons. The Hall–Kier alpha value is -1.40. The summed E-state index contributed by atoms with van der Waals surface area (Å²) in [5.74, 6) is 0. The largest absolute Gasteiger partial charge is 0.389 e. The predicted molar refractivity (Wildman–Crippen MR) is 44.1 cm³/mol. The zero-order valence-electron chi connectivity index (χ0n) is 6.41. The zero-order chi connectivity index (χ0) is 8.69. The van der Waals surface area contributed by atoms with E-state index in [1.54, 1.807) is 25.1 Å². The quantitative estimate of drug-likeness (QED) is 0.482. The van der Waals surface area contributed by atoms with E-state index in [4.69, 9.17) is 10.4 Å². The highest BCUT2D eigenvalue weighted by atomic mass is 16.3. The second-order valence-corrected chi connectivity index (χ2v) is 1.87. The van der Waals surface area contributed by atoms with E-state index in [9.17, 15) is 0 Å². The van der Waals surface area contributed by atoms with Crippen LogP contribution in [0.5, 0.6) is 0 Å². The molecule has 0 saturated heterocycles. The second kappa shape index (κ2) is 5.39. The van der Waals surface area contributed by atoms with E-state index in [1.807, 2.05) is 0 Å². The molecule has 0 saturated carbocycles. The van der Waals surface area contributed by atoms with Gasteiger partial charge in [0.25, 0.3) is 0 Å². The van der Waals surface area contributed by atoms with Crippen molar-refractivity contribution >= 4 is 5.71 Å². The van der Waals surface area contributed by atoms with Crippen molar-refractivity contribution in [2.24, 2.45) is 4.99 Å².